The van der Waals surface area contributed by atoms with Gasteiger partial charge in [0.2, 0.25) is 5.91 Å². The number of nitrogens with one attached hydrogen (secondary N) is 2. The molecule has 0 spiro atoms. The molecule has 1 unspecified atom stereocenters. The van der Waals surface area contributed by atoms with E-state index < -0.39 is 0 Å². The van der Waals surface area contributed by atoms with E-state index in [0.717, 1.165) is 26.0 Å². The Morgan fingerprint density at radius 3 is 2.56 bits per heavy atom. The minimum atomic E-state index is 0.184. The molecule has 1 heterocycles. The molecule has 0 aromatic heterocycles. The van der Waals surface area contributed by atoms with E-state index in [1.165, 1.54) is 32.1 Å². The van der Waals surface area contributed by atoms with Crippen LogP contribution in [0.5, 0.6) is 0 Å². The number of rotatable bonds is 3. The van der Waals surface area contributed by atoms with Gasteiger partial charge in [0.05, 0.1) is 13.2 Å². The van der Waals surface area contributed by atoms with Gasteiger partial charge < -0.3 is 15.4 Å². The SMILES string of the molecule is O=C(CC1COCCN1)NC1CCCCCCC1. The topological polar surface area (TPSA) is 50.4 Å². The zero-order valence-corrected chi connectivity index (χ0v) is 11.2. The molecule has 1 aliphatic heterocycles. The Balaban J connectivity index is 1.68. The van der Waals surface area contributed by atoms with E-state index >= 15 is 0 Å². The van der Waals surface area contributed by atoms with E-state index in [4.69, 9.17) is 4.74 Å². The number of morpholine rings is 1. The van der Waals surface area contributed by atoms with Crippen LogP contribution in [0.2, 0.25) is 0 Å². The summed E-state index contributed by atoms with van der Waals surface area (Å²) in [5.74, 6) is 0.184. The lowest BCUT2D eigenvalue weighted by molar-refractivity contribution is -0.123. The molecular formula is C14H26N2O2. The van der Waals surface area contributed by atoms with Crippen LogP contribution in [0.15, 0.2) is 0 Å². The summed E-state index contributed by atoms with van der Waals surface area (Å²) in [7, 11) is 0. The van der Waals surface area contributed by atoms with Crippen molar-refractivity contribution in [2.24, 2.45) is 0 Å². The highest BCUT2D eigenvalue weighted by atomic mass is 16.5. The van der Waals surface area contributed by atoms with E-state index in [-0.39, 0.29) is 11.9 Å². The van der Waals surface area contributed by atoms with Crippen LogP contribution in [0.1, 0.15) is 51.4 Å². The van der Waals surface area contributed by atoms with Crippen molar-refractivity contribution in [3.8, 4) is 0 Å². The fourth-order valence-corrected chi connectivity index (χ4v) is 2.86. The molecule has 0 aromatic carbocycles. The first kappa shape index (κ1) is 13.8. The van der Waals surface area contributed by atoms with Crippen molar-refractivity contribution in [1.82, 2.24) is 10.6 Å². The quantitative estimate of drug-likeness (QED) is 0.804. The van der Waals surface area contributed by atoms with Crippen LogP contribution >= 0.6 is 0 Å². The zero-order chi connectivity index (χ0) is 12.6. The summed E-state index contributed by atoms with van der Waals surface area (Å²) in [6, 6.07) is 0.606. The second-order valence-electron chi connectivity index (χ2n) is 5.54. The van der Waals surface area contributed by atoms with Crippen molar-refractivity contribution in [3.05, 3.63) is 0 Å². The molecule has 2 N–H and O–H groups in total. The van der Waals surface area contributed by atoms with Crippen molar-refractivity contribution in [2.45, 2.75) is 63.5 Å². The van der Waals surface area contributed by atoms with Crippen LogP contribution in [0.4, 0.5) is 0 Å². The summed E-state index contributed by atoms with van der Waals surface area (Å²) in [6.45, 7) is 2.29. The van der Waals surface area contributed by atoms with Crippen molar-refractivity contribution < 1.29 is 9.53 Å². The van der Waals surface area contributed by atoms with Gasteiger partial charge in [0.25, 0.3) is 0 Å². The average Bonchev–Trinajstić information content (AvgIpc) is 2.34. The molecule has 4 heteroatoms. The highest BCUT2D eigenvalue weighted by Crippen LogP contribution is 2.17. The van der Waals surface area contributed by atoms with Crippen molar-refractivity contribution in [2.75, 3.05) is 19.8 Å². The summed E-state index contributed by atoms with van der Waals surface area (Å²) in [4.78, 5) is 12.0. The van der Waals surface area contributed by atoms with Crippen LogP contribution in [-0.4, -0.2) is 37.7 Å². The maximum atomic E-state index is 12.0. The molecular weight excluding hydrogens is 228 g/mol. The zero-order valence-electron chi connectivity index (χ0n) is 11.2. The van der Waals surface area contributed by atoms with E-state index in [1.807, 2.05) is 0 Å². The predicted octanol–water partition coefficient (Wildman–Crippen LogP) is 1.59. The molecule has 2 aliphatic rings. The van der Waals surface area contributed by atoms with Gasteiger partial charge in [-0.3, -0.25) is 4.79 Å². The summed E-state index contributed by atoms with van der Waals surface area (Å²) >= 11 is 0. The monoisotopic (exact) mass is 254 g/mol. The number of carbonyl (C=O) groups excluding carboxylic acids is 1. The third kappa shape index (κ3) is 4.94. The minimum Gasteiger partial charge on any atom is -0.378 e. The van der Waals surface area contributed by atoms with Crippen LogP contribution < -0.4 is 10.6 Å². The Morgan fingerprint density at radius 2 is 1.89 bits per heavy atom. The molecule has 0 aromatic rings. The van der Waals surface area contributed by atoms with Gasteiger partial charge in [-0.2, -0.15) is 0 Å². The normalized spacial score (nSPS) is 27.2. The van der Waals surface area contributed by atoms with Gasteiger partial charge in [-0.15, -0.1) is 0 Å². The summed E-state index contributed by atoms with van der Waals surface area (Å²) in [5.41, 5.74) is 0. The highest BCUT2D eigenvalue weighted by Gasteiger charge is 2.19. The lowest BCUT2D eigenvalue weighted by Gasteiger charge is -2.25. The van der Waals surface area contributed by atoms with E-state index in [2.05, 4.69) is 10.6 Å². The lowest BCUT2D eigenvalue weighted by atomic mass is 9.96. The fourth-order valence-electron chi connectivity index (χ4n) is 2.86. The molecule has 2 fully saturated rings. The summed E-state index contributed by atoms with van der Waals surface area (Å²) in [6.07, 6.45) is 9.39. The number of carbonyl (C=O) groups is 1. The Labute approximate surface area is 110 Å². The number of ether oxygens (including phenoxy) is 1. The Kier molecular flexibility index (Phi) is 5.94. The number of hydrogen-bond acceptors (Lipinski definition) is 3. The molecule has 1 saturated carbocycles. The molecule has 1 amide bonds. The minimum absolute atomic E-state index is 0.184. The third-order valence-corrected chi connectivity index (χ3v) is 3.90. The highest BCUT2D eigenvalue weighted by molar-refractivity contribution is 5.76. The van der Waals surface area contributed by atoms with Crippen molar-refractivity contribution in [1.29, 1.82) is 0 Å². The van der Waals surface area contributed by atoms with E-state index in [0.29, 0.717) is 19.1 Å². The molecule has 104 valence electrons. The lowest BCUT2D eigenvalue weighted by Crippen LogP contribution is -2.45. The molecule has 1 saturated heterocycles. The second-order valence-corrected chi connectivity index (χ2v) is 5.54. The maximum Gasteiger partial charge on any atom is 0.221 e. The first-order valence-corrected chi connectivity index (χ1v) is 7.45. The third-order valence-electron chi connectivity index (χ3n) is 3.90. The predicted molar refractivity (Wildman–Crippen MR) is 71.5 cm³/mol. The standard InChI is InChI=1S/C14H26N2O2/c17-14(10-13-11-18-9-8-15-13)16-12-6-4-2-1-3-5-7-12/h12-13,15H,1-11H2,(H,16,17). The Bertz CT molecular complexity index is 244. The van der Waals surface area contributed by atoms with Gasteiger partial charge in [0.1, 0.15) is 0 Å². The fraction of sp³-hybridized carbons (Fsp3) is 0.929. The van der Waals surface area contributed by atoms with Crippen LogP contribution in [0.25, 0.3) is 0 Å². The maximum absolute atomic E-state index is 12.0. The Morgan fingerprint density at radius 1 is 1.17 bits per heavy atom. The summed E-state index contributed by atoms with van der Waals surface area (Å²) < 4.78 is 5.37. The molecule has 1 atom stereocenters. The van der Waals surface area contributed by atoms with Crippen LogP contribution in [-0.2, 0) is 9.53 Å². The first-order valence-electron chi connectivity index (χ1n) is 7.45. The average molecular weight is 254 g/mol. The van der Waals surface area contributed by atoms with Crippen molar-refractivity contribution >= 4 is 5.91 Å². The second kappa shape index (κ2) is 7.74. The first-order chi connectivity index (χ1) is 8.84. The molecule has 1 aliphatic carbocycles. The Hall–Kier alpha value is -0.610. The molecule has 0 bridgehead atoms. The summed E-state index contributed by atoms with van der Waals surface area (Å²) in [5, 5.41) is 6.52. The van der Waals surface area contributed by atoms with Crippen molar-refractivity contribution in [3.63, 3.8) is 0 Å². The van der Waals surface area contributed by atoms with E-state index in [9.17, 15) is 4.79 Å². The molecule has 18 heavy (non-hydrogen) atoms. The number of amides is 1. The van der Waals surface area contributed by atoms with Gasteiger partial charge in [-0.1, -0.05) is 32.1 Å². The van der Waals surface area contributed by atoms with Gasteiger partial charge in [-0.05, 0) is 12.8 Å². The van der Waals surface area contributed by atoms with Gasteiger partial charge in [-0.25, -0.2) is 0 Å². The van der Waals surface area contributed by atoms with Gasteiger partial charge in [0, 0.05) is 25.0 Å². The molecule has 4 nitrogen and oxygen atoms in total. The van der Waals surface area contributed by atoms with Gasteiger partial charge >= 0.3 is 0 Å². The number of hydrogen-bond donors (Lipinski definition) is 2. The molecule has 0 radical (unpaired) electrons. The molecule has 2 rings (SSSR count). The smallest absolute Gasteiger partial charge is 0.221 e. The van der Waals surface area contributed by atoms with Crippen LogP contribution in [0.3, 0.4) is 0 Å². The van der Waals surface area contributed by atoms with Gasteiger partial charge in [0.15, 0.2) is 0 Å². The van der Waals surface area contributed by atoms with E-state index in [1.54, 1.807) is 0 Å². The van der Waals surface area contributed by atoms with Crippen LogP contribution in [0, 0.1) is 0 Å². The largest absolute Gasteiger partial charge is 0.378 e.